The number of likely N-dealkylation sites (tertiary alicyclic amines) is 1. The molecule has 2 heterocycles. The highest BCUT2D eigenvalue weighted by Gasteiger charge is 2.44. The Morgan fingerprint density at radius 1 is 1.21 bits per heavy atom. The highest BCUT2D eigenvalue weighted by Crippen LogP contribution is 2.33. The van der Waals surface area contributed by atoms with Crippen LogP contribution in [0.25, 0.3) is 0 Å². The van der Waals surface area contributed by atoms with Crippen LogP contribution in [0, 0.1) is 12.7 Å². The number of urea groups is 1. The molecule has 2 aliphatic heterocycles. The Morgan fingerprint density at radius 3 is 2.50 bits per heavy atom. The minimum Gasteiger partial charge on any atom is -0.341 e. The molecule has 2 saturated heterocycles. The van der Waals surface area contributed by atoms with Crippen LogP contribution < -0.4 is 5.32 Å². The van der Waals surface area contributed by atoms with Crippen molar-refractivity contribution in [2.24, 2.45) is 0 Å². The molecule has 1 aromatic carbocycles. The van der Waals surface area contributed by atoms with Crippen molar-refractivity contribution in [2.45, 2.75) is 37.1 Å². The molecular weight excluding hydrogens is 383 g/mol. The van der Waals surface area contributed by atoms with E-state index in [-0.39, 0.29) is 16.5 Å². The fourth-order valence-corrected chi connectivity index (χ4v) is 6.01. The smallest absolute Gasteiger partial charge is 0.317 e. The molecule has 0 aliphatic carbocycles. The van der Waals surface area contributed by atoms with Crippen LogP contribution in [0.5, 0.6) is 0 Å². The largest absolute Gasteiger partial charge is 0.341 e. The van der Waals surface area contributed by atoms with Gasteiger partial charge in [0.1, 0.15) is 5.82 Å². The maximum absolute atomic E-state index is 13.6. The molecule has 0 radical (unpaired) electrons. The Kier molecular flexibility index (Phi) is 5.97. The minimum absolute atomic E-state index is 0.0396. The van der Waals surface area contributed by atoms with Gasteiger partial charge in [0.05, 0.1) is 4.90 Å². The van der Waals surface area contributed by atoms with Gasteiger partial charge in [-0.3, -0.25) is 4.90 Å². The van der Waals surface area contributed by atoms with E-state index in [1.54, 1.807) is 14.0 Å². The monoisotopic (exact) mass is 412 g/mol. The lowest BCUT2D eigenvalue weighted by Gasteiger charge is -2.45. The molecule has 28 heavy (non-hydrogen) atoms. The highest BCUT2D eigenvalue weighted by molar-refractivity contribution is 7.89. The van der Waals surface area contributed by atoms with Crippen molar-refractivity contribution in [1.82, 2.24) is 19.4 Å². The lowest BCUT2D eigenvalue weighted by Crippen LogP contribution is -2.59. The molecule has 0 spiro atoms. The van der Waals surface area contributed by atoms with E-state index in [2.05, 4.69) is 17.1 Å². The summed E-state index contributed by atoms with van der Waals surface area (Å²) in [5.74, 6) is -0.548. The maximum atomic E-state index is 13.6. The Balaban J connectivity index is 1.72. The van der Waals surface area contributed by atoms with Crippen LogP contribution in [0.2, 0.25) is 0 Å². The van der Waals surface area contributed by atoms with E-state index in [0.29, 0.717) is 44.8 Å². The summed E-state index contributed by atoms with van der Waals surface area (Å²) in [6.07, 6.45) is 1.78. The summed E-state index contributed by atoms with van der Waals surface area (Å²) in [7, 11) is -2.09. The number of hydrogen-bond donors (Lipinski definition) is 1. The number of benzene rings is 1. The van der Waals surface area contributed by atoms with Gasteiger partial charge in [0.15, 0.2) is 0 Å². The Bertz CT molecular complexity index is 840. The SMILES string of the molecule is CC[C@]1(N2CCN(S(=O)(=O)c3cc(F)ccc3C)CC2)CCN(C(=O)NC)C1. The van der Waals surface area contributed by atoms with Gasteiger partial charge >= 0.3 is 6.03 Å². The summed E-state index contributed by atoms with van der Waals surface area (Å²) < 4.78 is 41.0. The first kappa shape index (κ1) is 21.0. The van der Waals surface area contributed by atoms with Crippen molar-refractivity contribution in [3.63, 3.8) is 0 Å². The van der Waals surface area contributed by atoms with Crippen LogP contribution >= 0.6 is 0 Å². The third-order valence-corrected chi connectivity index (χ3v) is 8.21. The number of halogens is 1. The van der Waals surface area contributed by atoms with E-state index in [4.69, 9.17) is 0 Å². The van der Waals surface area contributed by atoms with Gasteiger partial charge in [-0.15, -0.1) is 0 Å². The molecular formula is C19H29FN4O3S. The van der Waals surface area contributed by atoms with E-state index >= 15 is 0 Å². The lowest BCUT2D eigenvalue weighted by molar-refractivity contribution is 0.0574. The predicted octanol–water partition coefficient (Wildman–Crippen LogP) is 1.63. The third kappa shape index (κ3) is 3.75. The third-order valence-electron chi connectivity index (χ3n) is 6.17. The number of amides is 2. The van der Waals surface area contributed by atoms with E-state index in [1.165, 1.54) is 16.4 Å². The van der Waals surface area contributed by atoms with Crippen LogP contribution in [-0.2, 0) is 10.0 Å². The molecule has 0 saturated carbocycles. The molecule has 0 bridgehead atoms. The summed E-state index contributed by atoms with van der Waals surface area (Å²) in [6.45, 7) is 7.08. The summed E-state index contributed by atoms with van der Waals surface area (Å²) in [4.78, 5) is 16.2. The van der Waals surface area contributed by atoms with E-state index < -0.39 is 15.8 Å². The van der Waals surface area contributed by atoms with Crippen molar-refractivity contribution < 1.29 is 17.6 Å². The molecule has 0 aromatic heterocycles. The number of sulfonamides is 1. The second-order valence-corrected chi connectivity index (χ2v) is 9.51. The zero-order valence-corrected chi connectivity index (χ0v) is 17.6. The quantitative estimate of drug-likeness (QED) is 0.816. The first-order valence-corrected chi connectivity index (χ1v) is 11.2. The second-order valence-electron chi connectivity index (χ2n) is 7.61. The van der Waals surface area contributed by atoms with Gasteiger partial charge in [-0.2, -0.15) is 4.31 Å². The highest BCUT2D eigenvalue weighted by atomic mass is 32.2. The normalized spacial score (nSPS) is 24.5. The number of carbonyl (C=O) groups excluding carboxylic acids is 1. The fourth-order valence-electron chi connectivity index (χ4n) is 4.35. The van der Waals surface area contributed by atoms with E-state index in [1.807, 2.05) is 4.90 Å². The molecule has 2 fully saturated rings. The number of piperazine rings is 1. The molecule has 7 nitrogen and oxygen atoms in total. The van der Waals surface area contributed by atoms with Gasteiger partial charge < -0.3 is 10.2 Å². The van der Waals surface area contributed by atoms with Gasteiger partial charge in [-0.05, 0) is 37.5 Å². The molecule has 2 aliphatic rings. The topological polar surface area (TPSA) is 73.0 Å². The van der Waals surface area contributed by atoms with Crippen LogP contribution in [0.15, 0.2) is 23.1 Å². The average molecular weight is 413 g/mol. The zero-order valence-electron chi connectivity index (χ0n) is 16.7. The molecule has 1 aromatic rings. The average Bonchev–Trinajstić information content (AvgIpc) is 3.15. The Labute approximate surface area is 166 Å². The molecule has 1 N–H and O–H groups in total. The van der Waals surface area contributed by atoms with Crippen molar-refractivity contribution in [1.29, 1.82) is 0 Å². The van der Waals surface area contributed by atoms with Crippen molar-refractivity contribution >= 4 is 16.1 Å². The molecule has 1 atom stereocenters. The maximum Gasteiger partial charge on any atom is 0.317 e. The lowest BCUT2D eigenvalue weighted by atomic mass is 9.92. The van der Waals surface area contributed by atoms with Gasteiger partial charge in [-0.25, -0.2) is 17.6 Å². The minimum atomic E-state index is -3.72. The predicted molar refractivity (Wildman–Crippen MR) is 105 cm³/mol. The van der Waals surface area contributed by atoms with Crippen LogP contribution in [0.3, 0.4) is 0 Å². The molecule has 2 amide bonds. The molecule has 0 unspecified atom stereocenters. The number of hydrogen-bond acceptors (Lipinski definition) is 4. The molecule has 3 rings (SSSR count). The van der Waals surface area contributed by atoms with E-state index in [0.717, 1.165) is 18.9 Å². The Morgan fingerprint density at radius 2 is 1.89 bits per heavy atom. The van der Waals surface area contributed by atoms with Crippen molar-refractivity contribution in [3.05, 3.63) is 29.6 Å². The number of aryl methyl sites for hydroxylation is 1. The van der Waals surface area contributed by atoms with Crippen LogP contribution in [0.1, 0.15) is 25.3 Å². The van der Waals surface area contributed by atoms with Crippen LogP contribution in [-0.4, -0.2) is 80.4 Å². The van der Waals surface area contributed by atoms with Crippen LogP contribution in [0.4, 0.5) is 9.18 Å². The fraction of sp³-hybridized carbons (Fsp3) is 0.632. The van der Waals surface area contributed by atoms with Crippen molar-refractivity contribution in [3.8, 4) is 0 Å². The number of nitrogens with zero attached hydrogens (tertiary/aromatic N) is 3. The summed E-state index contributed by atoms with van der Waals surface area (Å²) >= 11 is 0. The summed E-state index contributed by atoms with van der Waals surface area (Å²) in [5.41, 5.74) is 0.433. The first-order valence-electron chi connectivity index (χ1n) is 9.71. The van der Waals surface area contributed by atoms with Gasteiger partial charge in [0, 0.05) is 51.9 Å². The van der Waals surface area contributed by atoms with Crippen molar-refractivity contribution in [2.75, 3.05) is 46.3 Å². The number of rotatable bonds is 4. The first-order chi connectivity index (χ1) is 13.2. The Hall–Kier alpha value is -1.71. The second kappa shape index (κ2) is 7.96. The number of nitrogens with one attached hydrogen (secondary N) is 1. The van der Waals surface area contributed by atoms with E-state index in [9.17, 15) is 17.6 Å². The standard InChI is InChI=1S/C19H29FN4O3S/c1-4-19(7-8-22(14-19)18(25)21-3)23-9-11-24(12-10-23)28(26,27)17-13-16(20)6-5-15(17)2/h5-6,13H,4,7-12,14H2,1-3H3,(H,21,25)/t19-/m0/s1. The van der Waals surface area contributed by atoms with Gasteiger partial charge in [0.2, 0.25) is 10.0 Å². The molecule has 156 valence electrons. The zero-order chi connectivity index (χ0) is 20.5. The summed E-state index contributed by atoms with van der Waals surface area (Å²) in [6, 6.07) is 3.80. The number of carbonyl (C=O) groups is 1. The van der Waals surface area contributed by atoms with Gasteiger partial charge in [-0.1, -0.05) is 13.0 Å². The molecule has 9 heteroatoms. The van der Waals surface area contributed by atoms with Gasteiger partial charge in [0.25, 0.3) is 0 Å². The summed E-state index contributed by atoms with van der Waals surface area (Å²) in [5, 5.41) is 2.68.